The lowest BCUT2D eigenvalue weighted by Crippen LogP contribution is -2.22. The summed E-state index contributed by atoms with van der Waals surface area (Å²) in [6, 6.07) is 12.1. The summed E-state index contributed by atoms with van der Waals surface area (Å²) in [6.07, 6.45) is 4.75. The summed E-state index contributed by atoms with van der Waals surface area (Å²) in [5, 5.41) is 6.50. The smallest absolute Gasteiger partial charge is 0.251 e. The molecule has 0 aliphatic carbocycles. The molecule has 110 valence electrons. The van der Waals surface area contributed by atoms with E-state index in [2.05, 4.69) is 15.5 Å². The molecule has 6 heteroatoms. The Morgan fingerprint density at radius 2 is 2.00 bits per heavy atom. The van der Waals surface area contributed by atoms with Crippen molar-refractivity contribution in [2.75, 3.05) is 0 Å². The van der Waals surface area contributed by atoms with Crippen LogP contribution < -0.4 is 10.1 Å². The summed E-state index contributed by atoms with van der Waals surface area (Å²) < 4.78 is 10.4. The molecule has 0 saturated heterocycles. The summed E-state index contributed by atoms with van der Waals surface area (Å²) in [6.45, 7) is 0.310. The SMILES string of the molecule is O=C(NCc1ccon1)c1cccc(Oc2ccncc2)c1. The standard InChI is InChI=1S/C16H13N3O3/c20-16(18-11-13-6-9-21-19-13)12-2-1-3-15(10-12)22-14-4-7-17-8-5-14/h1-10H,11H2,(H,18,20). The molecule has 1 aromatic carbocycles. The Morgan fingerprint density at radius 3 is 2.77 bits per heavy atom. The van der Waals surface area contributed by atoms with Crippen LogP contribution in [0.25, 0.3) is 0 Å². The van der Waals surface area contributed by atoms with Crippen molar-refractivity contribution in [3.05, 3.63) is 72.4 Å². The molecule has 3 rings (SSSR count). The highest BCUT2D eigenvalue weighted by Gasteiger charge is 2.08. The lowest BCUT2D eigenvalue weighted by atomic mass is 10.2. The second-order valence-corrected chi connectivity index (χ2v) is 4.49. The number of carbonyl (C=O) groups excluding carboxylic acids is 1. The molecule has 6 nitrogen and oxygen atoms in total. The van der Waals surface area contributed by atoms with E-state index in [4.69, 9.17) is 9.26 Å². The second-order valence-electron chi connectivity index (χ2n) is 4.49. The molecule has 22 heavy (non-hydrogen) atoms. The van der Waals surface area contributed by atoms with Crippen molar-refractivity contribution in [1.82, 2.24) is 15.5 Å². The molecule has 3 aromatic rings. The molecule has 0 atom stereocenters. The van der Waals surface area contributed by atoms with Crippen LogP contribution in [0.3, 0.4) is 0 Å². The van der Waals surface area contributed by atoms with Crippen molar-refractivity contribution in [3.63, 3.8) is 0 Å². The van der Waals surface area contributed by atoms with Gasteiger partial charge in [-0.2, -0.15) is 0 Å². The second kappa shape index (κ2) is 6.53. The molecule has 2 heterocycles. The van der Waals surface area contributed by atoms with Crippen LogP contribution in [0.2, 0.25) is 0 Å². The largest absolute Gasteiger partial charge is 0.457 e. The van der Waals surface area contributed by atoms with Crippen LogP contribution in [-0.4, -0.2) is 16.0 Å². The molecule has 0 bridgehead atoms. The van der Waals surface area contributed by atoms with Crippen LogP contribution in [0.4, 0.5) is 0 Å². The van der Waals surface area contributed by atoms with Gasteiger partial charge < -0.3 is 14.6 Å². The molecule has 0 fully saturated rings. The first-order valence-corrected chi connectivity index (χ1v) is 6.67. The van der Waals surface area contributed by atoms with Gasteiger partial charge in [-0.3, -0.25) is 9.78 Å². The summed E-state index contributed by atoms with van der Waals surface area (Å²) >= 11 is 0. The molecule has 1 amide bonds. The number of hydrogen-bond acceptors (Lipinski definition) is 5. The third-order valence-electron chi connectivity index (χ3n) is 2.90. The van der Waals surface area contributed by atoms with Crippen LogP contribution in [0.5, 0.6) is 11.5 Å². The molecule has 2 aromatic heterocycles. The maximum absolute atomic E-state index is 12.1. The van der Waals surface area contributed by atoms with E-state index in [1.54, 1.807) is 54.9 Å². The van der Waals surface area contributed by atoms with Crippen LogP contribution in [0.15, 0.2) is 65.6 Å². The highest BCUT2D eigenvalue weighted by Crippen LogP contribution is 2.21. The fourth-order valence-electron chi connectivity index (χ4n) is 1.84. The number of pyridine rings is 1. The van der Waals surface area contributed by atoms with Crippen LogP contribution in [0.1, 0.15) is 16.1 Å². The fraction of sp³-hybridized carbons (Fsp3) is 0.0625. The third kappa shape index (κ3) is 3.49. The fourth-order valence-corrected chi connectivity index (χ4v) is 1.84. The summed E-state index contributed by atoms with van der Waals surface area (Å²) in [4.78, 5) is 16.0. The molecule has 0 radical (unpaired) electrons. The van der Waals surface area contributed by atoms with Gasteiger partial charge in [-0.05, 0) is 30.3 Å². The Bertz CT molecular complexity index is 742. The quantitative estimate of drug-likeness (QED) is 0.783. The number of nitrogens with one attached hydrogen (secondary N) is 1. The van der Waals surface area contributed by atoms with Gasteiger partial charge in [0.2, 0.25) is 0 Å². The molecule has 0 saturated carbocycles. The zero-order chi connectivity index (χ0) is 15.2. The number of carbonyl (C=O) groups is 1. The van der Waals surface area contributed by atoms with E-state index in [-0.39, 0.29) is 5.91 Å². The minimum atomic E-state index is -0.205. The molecular formula is C16H13N3O3. The third-order valence-corrected chi connectivity index (χ3v) is 2.90. The number of benzene rings is 1. The summed E-state index contributed by atoms with van der Waals surface area (Å²) in [5.74, 6) is 1.04. The van der Waals surface area contributed by atoms with Crippen molar-refractivity contribution in [2.45, 2.75) is 6.54 Å². The van der Waals surface area contributed by atoms with Gasteiger partial charge in [-0.25, -0.2) is 0 Å². The van der Waals surface area contributed by atoms with Crippen LogP contribution >= 0.6 is 0 Å². The number of nitrogens with zero attached hydrogens (tertiary/aromatic N) is 2. The molecule has 0 unspecified atom stereocenters. The topological polar surface area (TPSA) is 77.2 Å². The van der Waals surface area contributed by atoms with Gasteiger partial charge in [0, 0.05) is 24.0 Å². The van der Waals surface area contributed by atoms with Gasteiger partial charge in [0.25, 0.3) is 5.91 Å². The Balaban J connectivity index is 1.66. The monoisotopic (exact) mass is 295 g/mol. The predicted octanol–water partition coefficient (Wildman–Crippen LogP) is 2.79. The lowest BCUT2D eigenvalue weighted by Gasteiger charge is -2.07. The molecular weight excluding hydrogens is 282 g/mol. The highest BCUT2D eigenvalue weighted by atomic mass is 16.5. The average molecular weight is 295 g/mol. The first-order chi connectivity index (χ1) is 10.8. The van der Waals surface area contributed by atoms with E-state index in [0.29, 0.717) is 29.3 Å². The van der Waals surface area contributed by atoms with Gasteiger partial charge in [0.1, 0.15) is 23.5 Å². The first kappa shape index (κ1) is 13.8. The number of rotatable bonds is 5. The van der Waals surface area contributed by atoms with Gasteiger partial charge in [-0.15, -0.1) is 0 Å². The molecule has 0 aliphatic rings. The lowest BCUT2D eigenvalue weighted by molar-refractivity contribution is 0.0950. The maximum atomic E-state index is 12.1. The minimum absolute atomic E-state index is 0.205. The van der Waals surface area contributed by atoms with E-state index in [9.17, 15) is 4.79 Å². The van der Waals surface area contributed by atoms with Gasteiger partial charge in [-0.1, -0.05) is 11.2 Å². The molecule has 1 N–H and O–H groups in total. The van der Waals surface area contributed by atoms with E-state index in [0.717, 1.165) is 0 Å². The normalized spacial score (nSPS) is 10.2. The van der Waals surface area contributed by atoms with Crippen LogP contribution in [-0.2, 0) is 6.54 Å². The van der Waals surface area contributed by atoms with Crippen molar-refractivity contribution in [2.24, 2.45) is 0 Å². The number of ether oxygens (including phenoxy) is 1. The van der Waals surface area contributed by atoms with Gasteiger partial charge >= 0.3 is 0 Å². The Morgan fingerprint density at radius 1 is 1.14 bits per heavy atom. The Hall–Kier alpha value is -3.15. The summed E-state index contributed by atoms with van der Waals surface area (Å²) in [5.41, 5.74) is 1.17. The zero-order valence-corrected chi connectivity index (χ0v) is 11.6. The van der Waals surface area contributed by atoms with Crippen molar-refractivity contribution in [3.8, 4) is 11.5 Å². The average Bonchev–Trinajstić information content (AvgIpc) is 3.07. The van der Waals surface area contributed by atoms with Crippen molar-refractivity contribution >= 4 is 5.91 Å². The molecule has 0 spiro atoms. The van der Waals surface area contributed by atoms with Gasteiger partial charge in [0.15, 0.2) is 0 Å². The van der Waals surface area contributed by atoms with Crippen molar-refractivity contribution in [1.29, 1.82) is 0 Å². The van der Waals surface area contributed by atoms with Crippen LogP contribution in [0, 0.1) is 0 Å². The highest BCUT2D eigenvalue weighted by molar-refractivity contribution is 5.94. The number of hydrogen-bond donors (Lipinski definition) is 1. The van der Waals surface area contributed by atoms with Gasteiger partial charge in [0.05, 0.1) is 6.54 Å². The minimum Gasteiger partial charge on any atom is -0.457 e. The Labute approximate surface area is 126 Å². The number of aromatic nitrogens is 2. The van der Waals surface area contributed by atoms with E-state index in [1.165, 1.54) is 6.26 Å². The number of amides is 1. The van der Waals surface area contributed by atoms with E-state index in [1.807, 2.05) is 0 Å². The predicted molar refractivity (Wildman–Crippen MR) is 78.4 cm³/mol. The Kier molecular flexibility index (Phi) is 4.10. The van der Waals surface area contributed by atoms with Crippen molar-refractivity contribution < 1.29 is 14.1 Å². The van der Waals surface area contributed by atoms with E-state index < -0.39 is 0 Å². The molecule has 0 aliphatic heterocycles. The summed E-state index contributed by atoms with van der Waals surface area (Å²) in [7, 11) is 0. The van der Waals surface area contributed by atoms with E-state index >= 15 is 0 Å². The zero-order valence-electron chi connectivity index (χ0n) is 11.6. The first-order valence-electron chi connectivity index (χ1n) is 6.67. The maximum Gasteiger partial charge on any atom is 0.251 e.